The first-order valence-corrected chi connectivity index (χ1v) is 5.97. The summed E-state index contributed by atoms with van der Waals surface area (Å²) in [6.07, 6.45) is 0.394. The Bertz CT molecular complexity index is 701. The smallest absolute Gasteiger partial charge is 0.250 e. The minimum atomic E-state index is -0.446. The summed E-state index contributed by atoms with van der Waals surface area (Å²) in [5.74, 6) is -0.439. The maximum Gasteiger partial charge on any atom is 0.250 e. The molecule has 4 N–H and O–H groups in total. The van der Waals surface area contributed by atoms with Gasteiger partial charge in [0.2, 0.25) is 5.91 Å². The van der Waals surface area contributed by atoms with Gasteiger partial charge in [-0.05, 0) is 36.2 Å². The number of benzene rings is 1. The number of carbonyl (C=O) groups is 2. The van der Waals surface area contributed by atoms with E-state index < -0.39 is 5.91 Å². The fourth-order valence-electron chi connectivity index (χ4n) is 2.37. The molecular weight excluding hydrogens is 242 g/mol. The summed E-state index contributed by atoms with van der Waals surface area (Å²) in [4.78, 5) is 25.7. The fraction of sp³-hybridized carbons (Fsp3) is 0.143. The van der Waals surface area contributed by atoms with Crippen molar-refractivity contribution >= 4 is 17.5 Å². The van der Waals surface area contributed by atoms with Gasteiger partial charge in [-0.2, -0.15) is 0 Å². The third-order valence-corrected chi connectivity index (χ3v) is 3.32. The molecule has 0 fully saturated rings. The Morgan fingerprint density at radius 2 is 2.11 bits per heavy atom. The van der Waals surface area contributed by atoms with Gasteiger partial charge in [-0.25, -0.2) is 0 Å². The predicted octanol–water partition coefficient (Wildman–Crippen LogP) is 1.58. The molecule has 2 heterocycles. The van der Waals surface area contributed by atoms with Crippen molar-refractivity contribution in [1.29, 1.82) is 0 Å². The lowest BCUT2D eigenvalue weighted by Gasteiger charge is -2.02. The van der Waals surface area contributed by atoms with Crippen LogP contribution in [0.2, 0.25) is 0 Å². The minimum Gasteiger partial charge on any atom is -0.366 e. The summed E-state index contributed by atoms with van der Waals surface area (Å²) < 4.78 is 0. The molecule has 0 spiro atoms. The number of carbonyl (C=O) groups excluding carboxylic acids is 2. The molecule has 1 aliphatic heterocycles. The van der Waals surface area contributed by atoms with Crippen molar-refractivity contribution in [2.75, 3.05) is 5.32 Å². The zero-order chi connectivity index (χ0) is 13.6. The second-order valence-corrected chi connectivity index (χ2v) is 4.68. The Morgan fingerprint density at radius 1 is 1.32 bits per heavy atom. The van der Waals surface area contributed by atoms with E-state index in [0.717, 1.165) is 28.2 Å². The van der Waals surface area contributed by atoms with Crippen molar-refractivity contribution in [1.82, 2.24) is 4.98 Å². The molecule has 1 aromatic carbocycles. The number of H-pyrrole nitrogens is 1. The van der Waals surface area contributed by atoms with Crippen LogP contribution < -0.4 is 11.1 Å². The molecule has 0 atom stereocenters. The summed E-state index contributed by atoms with van der Waals surface area (Å²) in [6.45, 7) is 1.81. The van der Waals surface area contributed by atoms with E-state index >= 15 is 0 Å². The van der Waals surface area contributed by atoms with Crippen LogP contribution in [0.25, 0.3) is 11.3 Å². The van der Waals surface area contributed by atoms with Gasteiger partial charge in [-0.3, -0.25) is 9.59 Å². The van der Waals surface area contributed by atoms with Gasteiger partial charge in [0.1, 0.15) is 0 Å². The van der Waals surface area contributed by atoms with Crippen molar-refractivity contribution in [3.8, 4) is 11.3 Å². The SMILES string of the molecule is Cc1[nH]c(-c2ccc3c(c2)CC(=O)N3)cc1C(N)=O. The monoisotopic (exact) mass is 255 g/mol. The highest BCUT2D eigenvalue weighted by Gasteiger charge is 2.18. The van der Waals surface area contributed by atoms with Crippen LogP contribution in [-0.2, 0) is 11.2 Å². The summed E-state index contributed by atoms with van der Waals surface area (Å²) in [7, 11) is 0. The summed E-state index contributed by atoms with van der Waals surface area (Å²) in [6, 6.07) is 7.46. The van der Waals surface area contributed by atoms with Gasteiger partial charge in [0.05, 0.1) is 12.0 Å². The number of nitrogens with one attached hydrogen (secondary N) is 2. The molecule has 19 heavy (non-hydrogen) atoms. The Morgan fingerprint density at radius 3 is 2.79 bits per heavy atom. The van der Waals surface area contributed by atoms with Crippen molar-refractivity contribution in [3.63, 3.8) is 0 Å². The lowest BCUT2D eigenvalue weighted by molar-refractivity contribution is -0.115. The minimum absolute atomic E-state index is 0.00708. The molecular formula is C14H13N3O2. The topological polar surface area (TPSA) is 88.0 Å². The van der Waals surface area contributed by atoms with Crippen molar-refractivity contribution in [2.24, 2.45) is 5.73 Å². The first-order valence-electron chi connectivity index (χ1n) is 5.97. The lowest BCUT2D eigenvalue weighted by atomic mass is 10.1. The van der Waals surface area contributed by atoms with Crippen LogP contribution in [0.1, 0.15) is 21.6 Å². The molecule has 0 saturated carbocycles. The molecule has 0 radical (unpaired) electrons. The zero-order valence-corrected chi connectivity index (χ0v) is 10.4. The van der Waals surface area contributed by atoms with Gasteiger partial charge in [-0.15, -0.1) is 0 Å². The van der Waals surface area contributed by atoms with E-state index in [2.05, 4.69) is 10.3 Å². The number of primary amides is 1. The van der Waals surface area contributed by atoms with Gasteiger partial charge in [0.25, 0.3) is 5.91 Å². The van der Waals surface area contributed by atoms with Gasteiger partial charge in [-0.1, -0.05) is 6.07 Å². The lowest BCUT2D eigenvalue weighted by Crippen LogP contribution is -2.10. The first-order chi connectivity index (χ1) is 9.04. The number of amides is 2. The van der Waals surface area contributed by atoms with Crippen LogP contribution in [0.4, 0.5) is 5.69 Å². The number of rotatable bonds is 2. The number of aromatic amines is 1. The Kier molecular flexibility index (Phi) is 2.41. The van der Waals surface area contributed by atoms with Crippen molar-refractivity contribution in [2.45, 2.75) is 13.3 Å². The van der Waals surface area contributed by atoms with Gasteiger partial charge >= 0.3 is 0 Å². The van der Waals surface area contributed by atoms with Gasteiger partial charge in [0.15, 0.2) is 0 Å². The molecule has 0 saturated heterocycles. The van der Waals surface area contributed by atoms with E-state index in [1.54, 1.807) is 6.07 Å². The molecule has 2 amide bonds. The molecule has 2 aromatic rings. The number of hydrogen-bond donors (Lipinski definition) is 3. The van der Waals surface area contributed by atoms with E-state index in [9.17, 15) is 9.59 Å². The number of anilines is 1. The van der Waals surface area contributed by atoms with E-state index in [-0.39, 0.29) is 5.91 Å². The summed E-state index contributed by atoms with van der Waals surface area (Å²) in [5.41, 5.74) is 10.1. The standard InChI is InChI=1S/C14H13N3O2/c1-7-10(14(15)19)6-12(16-7)8-2-3-11-9(4-8)5-13(18)17-11/h2-4,6,16H,5H2,1H3,(H2,15,19)(H,17,18). The van der Waals surface area contributed by atoms with Crippen LogP contribution in [0.15, 0.2) is 24.3 Å². The zero-order valence-electron chi connectivity index (χ0n) is 10.4. The summed E-state index contributed by atoms with van der Waals surface area (Å²) in [5, 5.41) is 2.79. The summed E-state index contributed by atoms with van der Waals surface area (Å²) >= 11 is 0. The predicted molar refractivity (Wildman–Crippen MR) is 71.8 cm³/mol. The van der Waals surface area contributed by atoms with Gasteiger partial charge < -0.3 is 16.0 Å². The molecule has 0 aliphatic carbocycles. The highest BCUT2D eigenvalue weighted by Crippen LogP contribution is 2.29. The number of aryl methyl sites for hydroxylation is 1. The molecule has 5 nitrogen and oxygen atoms in total. The Labute approximate surface area is 109 Å². The van der Waals surface area contributed by atoms with Crippen LogP contribution in [0.3, 0.4) is 0 Å². The number of aromatic nitrogens is 1. The number of fused-ring (bicyclic) bond motifs is 1. The molecule has 0 bridgehead atoms. The number of hydrogen-bond acceptors (Lipinski definition) is 2. The van der Waals surface area contributed by atoms with Gasteiger partial charge in [0, 0.05) is 17.1 Å². The highest BCUT2D eigenvalue weighted by atomic mass is 16.2. The molecule has 0 unspecified atom stereocenters. The molecule has 96 valence electrons. The van der Waals surface area contributed by atoms with Crippen LogP contribution >= 0.6 is 0 Å². The van der Waals surface area contributed by atoms with E-state index in [0.29, 0.717) is 12.0 Å². The average Bonchev–Trinajstić information content (AvgIpc) is 2.89. The van der Waals surface area contributed by atoms with Crippen LogP contribution in [-0.4, -0.2) is 16.8 Å². The van der Waals surface area contributed by atoms with Crippen molar-refractivity contribution < 1.29 is 9.59 Å². The van der Waals surface area contributed by atoms with E-state index in [1.807, 2.05) is 25.1 Å². The Hall–Kier alpha value is -2.56. The average molecular weight is 255 g/mol. The first kappa shape index (κ1) is 11.5. The van der Waals surface area contributed by atoms with Crippen molar-refractivity contribution in [3.05, 3.63) is 41.1 Å². The molecule has 5 heteroatoms. The molecule has 1 aliphatic rings. The quantitative estimate of drug-likeness (QED) is 0.760. The largest absolute Gasteiger partial charge is 0.366 e. The maximum absolute atomic E-state index is 11.3. The van der Waals surface area contributed by atoms with Crippen LogP contribution in [0, 0.1) is 6.92 Å². The third kappa shape index (κ3) is 1.89. The number of nitrogens with two attached hydrogens (primary N) is 1. The normalized spacial score (nSPS) is 13.2. The van der Waals surface area contributed by atoms with Crippen LogP contribution in [0.5, 0.6) is 0 Å². The third-order valence-electron chi connectivity index (χ3n) is 3.32. The maximum atomic E-state index is 11.3. The molecule has 3 rings (SSSR count). The second kappa shape index (κ2) is 3.98. The fourth-order valence-corrected chi connectivity index (χ4v) is 2.37. The second-order valence-electron chi connectivity index (χ2n) is 4.68. The van der Waals surface area contributed by atoms with E-state index in [4.69, 9.17) is 5.73 Å². The van der Waals surface area contributed by atoms with E-state index in [1.165, 1.54) is 0 Å². The molecule has 1 aromatic heterocycles. The Balaban J connectivity index is 2.04. The highest BCUT2D eigenvalue weighted by molar-refractivity contribution is 6.00.